The van der Waals surface area contributed by atoms with Crippen LogP contribution in [0.25, 0.3) is 0 Å². The van der Waals surface area contributed by atoms with Crippen LogP contribution in [0.2, 0.25) is 0 Å². The van der Waals surface area contributed by atoms with Gasteiger partial charge in [0, 0.05) is 11.5 Å². The fourth-order valence-electron chi connectivity index (χ4n) is 3.33. The molecule has 2 rings (SSSR count). The summed E-state index contributed by atoms with van der Waals surface area (Å²) >= 11 is 0. The van der Waals surface area contributed by atoms with E-state index in [0.29, 0.717) is 5.92 Å². The van der Waals surface area contributed by atoms with Gasteiger partial charge in [-0.05, 0) is 50.7 Å². The average molecular weight is 338 g/mol. The van der Waals surface area contributed by atoms with Crippen LogP contribution in [0.15, 0.2) is 18.2 Å². The Hall–Kier alpha value is -1.78. The van der Waals surface area contributed by atoms with Gasteiger partial charge in [0.1, 0.15) is 11.6 Å². The van der Waals surface area contributed by atoms with Crippen molar-refractivity contribution in [3.8, 4) is 0 Å². The van der Waals surface area contributed by atoms with Crippen LogP contribution in [0.3, 0.4) is 0 Å². The zero-order valence-electron chi connectivity index (χ0n) is 14.2. The van der Waals surface area contributed by atoms with Crippen LogP contribution in [0.5, 0.6) is 0 Å². The van der Waals surface area contributed by atoms with Gasteiger partial charge in [0.15, 0.2) is 11.9 Å². The maximum Gasteiger partial charge on any atom is 0.311 e. The number of esters is 1. The topological polar surface area (TPSA) is 43.4 Å². The number of benzene rings is 1. The van der Waals surface area contributed by atoms with Crippen molar-refractivity contribution in [2.24, 2.45) is 11.8 Å². The third-order valence-corrected chi connectivity index (χ3v) is 4.92. The number of ether oxygens (including phenoxy) is 1. The molecule has 0 amide bonds. The van der Waals surface area contributed by atoms with Gasteiger partial charge in [0.05, 0.1) is 6.42 Å². The number of Topliss-reactive ketones (excluding diaryl/α,β-unsaturated/α-hetero) is 1. The van der Waals surface area contributed by atoms with E-state index < -0.39 is 30.1 Å². The SMILES string of the molecule is CCC1CCC(C(=O)C(C)OC(=O)Cc2c(F)cccc2F)CC1. The molecule has 1 aliphatic carbocycles. The predicted molar refractivity (Wildman–Crippen MR) is 86.4 cm³/mol. The zero-order chi connectivity index (χ0) is 17.7. The van der Waals surface area contributed by atoms with Crippen LogP contribution in [0.4, 0.5) is 8.78 Å². The summed E-state index contributed by atoms with van der Waals surface area (Å²) in [6, 6.07) is 3.41. The quantitative estimate of drug-likeness (QED) is 0.729. The number of rotatable bonds is 6. The first-order valence-electron chi connectivity index (χ1n) is 8.58. The van der Waals surface area contributed by atoms with E-state index in [1.807, 2.05) is 0 Å². The summed E-state index contributed by atoms with van der Waals surface area (Å²) in [5, 5.41) is 0. The van der Waals surface area contributed by atoms with E-state index in [1.54, 1.807) is 0 Å². The van der Waals surface area contributed by atoms with Crippen LogP contribution < -0.4 is 0 Å². The first kappa shape index (κ1) is 18.6. The van der Waals surface area contributed by atoms with Gasteiger partial charge in [-0.25, -0.2) is 8.78 Å². The maximum absolute atomic E-state index is 13.6. The van der Waals surface area contributed by atoms with E-state index in [4.69, 9.17) is 4.74 Å². The Kier molecular flexibility index (Phi) is 6.46. The van der Waals surface area contributed by atoms with Crippen LogP contribution in [-0.2, 0) is 20.7 Å². The molecule has 5 heteroatoms. The monoisotopic (exact) mass is 338 g/mol. The largest absolute Gasteiger partial charge is 0.454 e. The van der Waals surface area contributed by atoms with E-state index in [2.05, 4.69) is 6.92 Å². The molecule has 0 aliphatic heterocycles. The third kappa shape index (κ3) is 4.62. The highest BCUT2D eigenvalue weighted by Crippen LogP contribution is 2.32. The Bertz CT molecular complexity index is 572. The minimum Gasteiger partial charge on any atom is -0.454 e. The second-order valence-corrected chi connectivity index (χ2v) is 6.54. The molecule has 1 saturated carbocycles. The number of halogens is 2. The Balaban J connectivity index is 1.88. The van der Waals surface area contributed by atoms with Crippen LogP contribution in [-0.4, -0.2) is 17.9 Å². The normalized spacial score (nSPS) is 22.0. The van der Waals surface area contributed by atoms with Crippen molar-refractivity contribution in [2.75, 3.05) is 0 Å². The molecule has 0 bridgehead atoms. The molecule has 3 nitrogen and oxygen atoms in total. The lowest BCUT2D eigenvalue weighted by Crippen LogP contribution is -2.33. The smallest absolute Gasteiger partial charge is 0.311 e. The van der Waals surface area contributed by atoms with Crippen molar-refractivity contribution < 1.29 is 23.1 Å². The number of hydrogen-bond donors (Lipinski definition) is 0. The molecule has 1 fully saturated rings. The van der Waals surface area contributed by atoms with Crippen LogP contribution in [0.1, 0.15) is 51.5 Å². The van der Waals surface area contributed by atoms with E-state index in [1.165, 1.54) is 13.0 Å². The van der Waals surface area contributed by atoms with E-state index in [0.717, 1.165) is 44.2 Å². The number of carbonyl (C=O) groups excluding carboxylic acids is 2. The highest BCUT2D eigenvalue weighted by atomic mass is 19.1. The molecule has 24 heavy (non-hydrogen) atoms. The molecule has 1 unspecified atom stereocenters. The lowest BCUT2D eigenvalue weighted by atomic mass is 9.78. The summed E-state index contributed by atoms with van der Waals surface area (Å²) in [5.41, 5.74) is -0.328. The summed E-state index contributed by atoms with van der Waals surface area (Å²) in [6.07, 6.45) is 3.42. The summed E-state index contributed by atoms with van der Waals surface area (Å²) < 4.78 is 32.2. The van der Waals surface area contributed by atoms with Crippen molar-refractivity contribution in [1.29, 1.82) is 0 Å². The molecule has 0 spiro atoms. The third-order valence-electron chi connectivity index (χ3n) is 4.92. The van der Waals surface area contributed by atoms with Gasteiger partial charge in [-0.3, -0.25) is 9.59 Å². The standard InChI is InChI=1S/C19H24F2O3/c1-3-13-7-9-14(10-8-13)19(23)12(2)24-18(22)11-15-16(20)5-4-6-17(15)21/h4-6,12-14H,3,7-11H2,1-2H3. The highest BCUT2D eigenvalue weighted by molar-refractivity contribution is 5.87. The molecule has 0 N–H and O–H groups in total. The van der Waals surface area contributed by atoms with Crippen molar-refractivity contribution >= 4 is 11.8 Å². The number of hydrogen-bond acceptors (Lipinski definition) is 3. The van der Waals surface area contributed by atoms with Crippen LogP contribution in [0, 0.1) is 23.5 Å². The number of carbonyl (C=O) groups is 2. The number of ketones is 1. The minimum atomic E-state index is -0.879. The Labute approximate surface area is 141 Å². The molecule has 0 radical (unpaired) electrons. The lowest BCUT2D eigenvalue weighted by Gasteiger charge is -2.28. The fraction of sp³-hybridized carbons (Fsp3) is 0.579. The molecule has 0 saturated heterocycles. The predicted octanol–water partition coefficient (Wildman–Crippen LogP) is 4.22. The average Bonchev–Trinajstić information content (AvgIpc) is 2.57. The molecule has 1 aromatic carbocycles. The van der Waals surface area contributed by atoms with Gasteiger partial charge in [-0.1, -0.05) is 19.4 Å². The molecule has 0 heterocycles. The second-order valence-electron chi connectivity index (χ2n) is 6.54. The van der Waals surface area contributed by atoms with E-state index >= 15 is 0 Å². The Morgan fingerprint density at radius 2 is 1.75 bits per heavy atom. The molecular weight excluding hydrogens is 314 g/mol. The Morgan fingerprint density at radius 3 is 2.29 bits per heavy atom. The maximum atomic E-state index is 13.6. The molecule has 132 valence electrons. The Morgan fingerprint density at radius 1 is 1.17 bits per heavy atom. The first-order valence-corrected chi connectivity index (χ1v) is 8.58. The van der Waals surface area contributed by atoms with Gasteiger partial charge in [0.25, 0.3) is 0 Å². The second kappa shape index (κ2) is 8.36. The summed E-state index contributed by atoms with van der Waals surface area (Å²) in [4.78, 5) is 24.3. The van der Waals surface area contributed by atoms with Crippen LogP contribution >= 0.6 is 0 Å². The zero-order valence-corrected chi connectivity index (χ0v) is 14.2. The van der Waals surface area contributed by atoms with Crippen molar-refractivity contribution in [3.05, 3.63) is 35.4 Å². The van der Waals surface area contributed by atoms with Crippen molar-refractivity contribution in [3.63, 3.8) is 0 Å². The highest BCUT2D eigenvalue weighted by Gasteiger charge is 2.30. The minimum absolute atomic E-state index is 0.0826. The van der Waals surface area contributed by atoms with E-state index in [-0.39, 0.29) is 17.3 Å². The van der Waals surface area contributed by atoms with Gasteiger partial charge in [-0.2, -0.15) is 0 Å². The van der Waals surface area contributed by atoms with E-state index in [9.17, 15) is 18.4 Å². The first-order chi connectivity index (χ1) is 11.4. The molecule has 1 aliphatic rings. The lowest BCUT2D eigenvalue weighted by molar-refractivity contribution is -0.155. The van der Waals surface area contributed by atoms with Gasteiger partial charge in [-0.15, -0.1) is 0 Å². The van der Waals surface area contributed by atoms with Crippen molar-refractivity contribution in [2.45, 2.75) is 58.5 Å². The summed E-state index contributed by atoms with van der Waals surface area (Å²) in [6.45, 7) is 3.68. The molecule has 0 aromatic heterocycles. The fourth-order valence-corrected chi connectivity index (χ4v) is 3.33. The molecular formula is C19H24F2O3. The van der Waals surface area contributed by atoms with Crippen molar-refractivity contribution in [1.82, 2.24) is 0 Å². The molecule has 1 aromatic rings. The van der Waals surface area contributed by atoms with Gasteiger partial charge >= 0.3 is 5.97 Å². The molecule has 1 atom stereocenters. The van der Waals surface area contributed by atoms with Gasteiger partial charge in [0.2, 0.25) is 0 Å². The summed E-state index contributed by atoms with van der Waals surface area (Å²) in [7, 11) is 0. The van der Waals surface area contributed by atoms with Gasteiger partial charge < -0.3 is 4.74 Å². The summed E-state index contributed by atoms with van der Waals surface area (Å²) in [5.74, 6) is -1.86.